The van der Waals surface area contributed by atoms with Crippen LogP contribution < -0.4 is 11.1 Å². The van der Waals surface area contributed by atoms with Crippen LogP contribution in [0.4, 0.5) is 5.82 Å². The molecule has 0 spiro atoms. The van der Waals surface area contributed by atoms with Gasteiger partial charge in [-0.25, -0.2) is 0 Å². The maximum absolute atomic E-state index is 11.5. The fourth-order valence-electron chi connectivity index (χ4n) is 1.26. The van der Waals surface area contributed by atoms with Crippen LogP contribution in [0.15, 0.2) is 12.3 Å². The molecule has 1 rings (SSSR count). The Bertz CT molecular complexity index is 321. The molecule has 0 aliphatic heterocycles. The molecule has 1 aromatic heterocycles. The van der Waals surface area contributed by atoms with Crippen molar-refractivity contribution in [3.63, 3.8) is 0 Å². The smallest absolute Gasteiger partial charge is 0.242 e. The van der Waals surface area contributed by atoms with Crippen molar-refractivity contribution < 1.29 is 4.79 Å². The first-order valence-electron chi connectivity index (χ1n) is 5.19. The van der Waals surface area contributed by atoms with E-state index in [4.69, 9.17) is 5.73 Å². The summed E-state index contributed by atoms with van der Waals surface area (Å²) in [6, 6.07) is 1.30. The summed E-state index contributed by atoms with van der Waals surface area (Å²) in [6.07, 6.45) is 4.50. The largest absolute Gasteiger partial charge is 0.320 e. The fraction of sp³-hybridized carbons (Fsp3) is 0.600. The van der Waals surface area contributed by atoms with Gasteiger partial charge in [-0.2, -0.15) is 5.10 Å². The average Bonchev–Trinajstić information content (AvgIpc) is 2.60. The highest BCUT2D eigenvalue weighted by Crippen LogP contribution is 2.04. The number of nitrogens with zero attached hydrogens (tertiary/aromatic N) is 2. The van der Waals surface area contributed by atoms with Crippen molar-refractivity contribution in [2.45, 2.75) is 32.2 Å². The maximum atomic E-state index is 11.5. The van der Waals surface area contributed by atoms with E-state index in [-0.39, 0.29) is 5.91 Å². The number of hydrogen-bond donors (Lipinski definition) is 2. The maximum Gasteiger partial charge on any atom is 0.242 e. The van der Waals surface area contributed by atoms with Gasteiger partial charge >= 0.3 is 0 Å². The standard InChI is InChI=1S/C10H18N4O/c1-3-4-5-8(11)10(15)12-9-6-7-14(2)13-9/h6-8H,3-5,11H2,1-2H3,(H,12,13,15). The molecule has 1 amide bonds. The second-order valence-electron chi connectivity index (χ2n) is 3.61. The van der Waals surface area contributed by atoms with E-state index in [9.17, 15) is 4.79 Å². The summed E-state index contributed by atoms with van der Waals surface area (Å²) in [4.78, 5) is 11.5. The molecule has 0 fully saturated rings. The van der Waals surface area contributed by atoms with Crippen molar-refractivity contribution >= 4 is 11.7 Å². The third-order valence-corrected chi connectivity index (χ3v) is 2.17. The molecule has 0 saturated heterocycles. The van der Waals surface area contributed by atoms with Crippen LogP contribution in [0.2, 0.25) is 0 Å². The number of hydrogen-bond acceptors (Lipinski definition) is 3. The third-order valence-electron chi connectivity index (χ3n) is 2.17. The Hall–Kier alpha value is -1.36. The lowest BCUT2D eigenvalue weighted by Crippen LogP contribution is -2.35. The number of carbonyl (C=O) groups is 1. The van der Waals surface area contributed by atoms with E-state index in [1.165, 1.54) is 0 Å². The van der Waals surface area contributed by atoms with E-state index in [2.05, 4.69) is 17.3 Å². The molecule has 0 aliphatic carbocycles. The molecule has 0 aliphatic rings. The number of rotatable bonds is 5. The SMILES string of the molecule is CCCCC(N)C(=O)Nc1ccn(C)n1. The minimum atomic E-state index is -0.438. The minimum Gasteiger partial charge on any atom is -0.320 e. The summed E-state index contributed by atoms with van der Waals surface area (Å²) in [6.45, 7) is 2.07. The minimum absolute atomic E-state index is 0.165. The molecule has 5 nitrogen and oxygen atoms in total. The summed E-state index contributed by atoms with van der Waals surface area (Å²) >= 11 is 0. The predicted octanol–water partition coefficient (Wildman–Crippen LogP) is 0.876. The van der Waals surface area contributed by atoms with Crippen molar-refractivity contribution in [1.82, 2.24) is 9.78 Å². The van der Waals surface area contributed by atoms with Crippen LogP contribution in [-0.4, -0.2) is 21.7 Å². The van der Waals surface area contributed by atoms with Gasteiger partial charge in [0.05, 0.1) is 6.04 Å². The molecule has 1 atom stereocenters. The van der Waals surface area contributed by atoms with E-state index in [0.29, 0.717) is 5.82 Å². The van der Waals surface area contributed by atoms with Gasteiger partial charge in [0.1, 0.15) is 0 Å². The van der Waals surface area contributed by atoms with Crippen LogP contribution in [0.25, 0.3) is 0 Å². The summed E-state index contributed by atoms with van der Waals surface area (Å²) in [7, 11) is 1.80. The number of aromatic nitrogens is 2. The molecule has 1 unspecified atom stereocenters. The van der Waals surface area contributed by atoms with Crippen LogP contribution in [0.5, 0.6) is 0 Å². The molecule has 0 bridgehead atoms. The number of nitrogens with two attached hydrogens (primary N) is 1. The first-order valence-corrected chi connectivity index (χ1v) is 5.19. The van der Waals surface area contributed by atoms with Gasteiger partial charge in [0.15, 0.2) is 5.82 Å². The Kier molecular flexibility index (Phi) is 4.30. The molecule has 5 heteroatoms. The molecule has 0 saturated carbocycles. The molecule has 0 aromatic carbocycles. The van der Waals surface area contributed by atoms with E-state index in [1.807, 2.05) is 0 Å². The average molecular weight is 210 g/mol. The lowest BCUT2D eigenvalue weighted by atomic mass is 10.1. The summed E-state index contributed by atoms with van der Waals surface area (Å²) in [5.74, 6) is 0.386. The van der Waals surface area contributed by atoms with Crippen LogP contribution in [0, 0.1) is 0 Å². The highest BCUT2D eigenvalue weighted by Gasteiger charge is 2.13. The van der Waals surface area contributed by atoms with Gasteiger partial charge in [-0.3, -0.25) is 9.48 Å². The van der Waals surface area contributed by atoms with Gasteiger partial charge < -0.3 is 11.1 Å². The number of carbonyl (C=O) groups excluding carboxylic acids is 1. The van der Waals surface area contributed by atoms with Crippen molar-refractivity contribution in [3.8, 4) is 0 Å². The van der Waals surface area contributed by atoms with E-state index < -0.39 is 6.04 Å². The lowest BCUT2D eigenvalue weighted by Gasteiger charge is -2.09. The number of anilines is 1. The zero-order valence-corrected chi connectivity index (χ0v) is 9.23. The Balaban J connectivity index is 2.41. The molecule has 15 heavy (non-hydrogen) atoms. The van der Waals surface area contributed by atoms with Gasteiger partial charge in [-0.1, -0.05) is 19.8 Å². The summed E-state index contributed by atoms with van der Waals surface area (Å²) in [5.41, 5.74) is 5.71. The van der Waals surface area contributed by atoms with Crippen molar-refractivity contribution in [1.29, 1.82) is 0 Å². The topological polar surface area (TPSA) is 72.9 Å². The van der Waals surface area contributed by atoms with Crippen LogP contribution in [-0.2, 0) is 11.8 Å². The summed E-state index contributed by atoms with van der Waals surface area (Å²) < 4.78 is 1.63. The Morgan fingerprint density at radius 3 is 3.00 bits per heavy atom. The number of unbranched alkanes of at least 4 members (excludes halogenated alkanes) is 1. The highest BCUT2D eigenvalue weighted by molar-refractivity contribution is 5.93. The van der Waals surface area contributed by atoms with Crippen LogP contribution >= 0.6 is 0 Å². The second kappa shape index (κ2) is 5.50. The predicted molar refractivity (Wildman–Crippen MR) is 59.3 cm³/mol. The first kappa shape index (κ1) is 11.7. The van der Waals surface area contributed by atoms with Crippen molar-refractivity contribution in [2.75, 3.05) is 5.32 Å². The van der Waals surface area contributed by atoms with Crippen molar-refractivity contribution in [2.24, 2.45) is 12.8 Å². The lowest BCUT2D eigenvalue weighted by molar-refractivity contribution is -0.117. The van der Waals surface area contributed by atoms with Gasteiger partial charge in [0.25, 0.3) is 0 Å². The van der Waals surface area contributed by atoms with Crippen molar-refractivity contribution in [3.05, 3.63) is 12.3 Å². The highest BCUT2D eigenvalue weighted by atomic mass is 16.2. The molecule has 0 radical (unpaired) electrons. The fourth-order valence-corrected chi connectivity index (χ4v) is 1.26. The Labute approximate surface area is 89.6 Å². The van der Waals surface area contributed by atoms with Gasteiger partial charge in [0.2, 0.25) is 5.91 Å². The zero-order valence-electron chi connectivity index (χ0n) is 9.23. The first-order chi connectivity index (χ1) is 7.13. The van der Waals surface area contributed by atoms with Gasteiger partial charge in [-0.05, 0) is 6.42 Å². The number of nitrogens with one attached hydrogen (secondary N) is 1. The number of aryl methyl sites for hydroxylation is 1. The third kappa shape index (κ3) is 3.71. The monoisotopic (exact) mass is 210 g/mol. The normalized spacial score (nSPS) is 12.5. The molecule has 1 aromatic rings. The molecule has 84 valence electrons. The van der Waals surface area contributed by atoms with Gasteiger partial charge in [-0.15, -0.1) is 0 Å². The van der Waals surface area contributed by atoms with Crippen LogP contribution in [0.1, 0.15) is 26.2 Å². The van der Waals surface area contributed by atoms with E-state index >= 15 is 0 Å². The number of amides is 1. The van der Waals surface area contributed by atoms with Crippen LogP contribution in [0.3, 0.4) is 0 Å². The van der Waals surface area contributed by atoms with E-state index in [0.717, 1.165) is 19.3 Å². The second-order valence-corrected chi connectivity index (χ2v) is 3.61. The molecule has 3 N–H and O–H groups in total. The Morgan fingerprint density at radius 1 is 1.73 bits per heavy atom. The quantitative estimate of drug-likeness (QED) is 0.757. The van der Waals surface area contributed by atoms with E-state index in [1.54, 1.807) is 24.0 Å². The molecular weight excluding hydrogens is 192 g/mol. The zero-order chi connectivity index (χ0) is 11.3. The van der Waals surface area contributed by atoms with Gasteiger partial charge in [0, 0.05) is 19.3 Å². The molecular formula is C10H18N4O. The molecule has 1 heterocycles. The Morgan fingerprint density at radius 2 is 2.47 bits per heavy atom. The summed E-state index contributed by atoms with van der Waals surface area (Å²) in [5, 5.41) is 6.72.